The van der Waals surface area contributed by atoms with Crippen molar-refractivity contribution in [2.45, 2.75) is 11.3 Å². The van der Waals surface area contributed by atoms with Crippen LogP contribution in [-0.2, 0) is 17.2 Å². The molecule has 1 atom stereocenters. The molecule has 5 nitrogen and oxygen atoms in total. The molecule has 0 unspecified atom stereocenters. The lowest BCUT2D eigenvalue weighted by Gasteiger charge is -2.36. The molecule has 8 heteroatoms. The molecular weight excluding hydrogens is 367 g/mol. The average Bonchev–Trinajstić information content (AvgIpc) is 2.97. The number of hydrogen-bond donors (Lipinski definition) is 0. The van der Waals surface area contributed by atoms with Gasteiger partial charge in [-0.15, -0.1) is 0 Å². The zero-order valence-electron chi connectivity index (χ0n) is 12.9. The maximum atomic E-state index is 11.9. The highest BCUT2D eigenvalue weighted by atomic mass is 35.5. The van der Waals surface area contributed by atoms with Crippen LogP contribution in [0.25, 0.3) is 0 Å². The highest BCUT2D eigenvalue weighted by molar-refractivity contribution is 7.85. The van der Waals surface area contributed by atoms with Crippen molar-refractivity contribution >= 4 is 45.6 Å². The molecule has 0 radical (unpaired) electrons. The summed E-state index contributed by atoms with van der Waals surface area (Å²) in [6.45, 7) is 3.40. The zero-order valence-corrected chi connectivity index (χ0v) is 15.2. The standard InChI is InChI=1S/C16H16Cl2N4OS/c17-11-1-3-12(4-2-11)21-6-8-22(9-7-21)16-19-13-5-10-24(23)14(13)15(18)20-16/h1-4H,5-10H2/t24-/m0/s1. The van der Waals surface area contributed by atoms with Gasteiger partial charge in [0.05, 0.1) is 21.4 Å². The van der Waals surface area contributed by atoms with Crippen molar-refractivity contribution in [1.82, 2.24) is 9.97 Å². The van der Waals surface area contributed by atoms with Crippen molar-refractivity contribution in [2.75, 3.05) is 41.7 Å². The first-order valence-electron chi connectivity index (χ1n) is 7.82. The van der Waals surface area contributed by atoms with Gasteiger partial charge in [-0.25, -0.2) is 4.98 Å². The Morgan fingerprint density at radius 2 is 1.62 bits per heavy atom. The van der Waals surface area contributed by atoms with Gasteiger partial charge < -0.3 is 9.80 Å². The summed E-state index contributed by atoms with van der Waals surface area (Å²) in [6, 6.07) is 7.89. The molecule has 0 bridgehead atoms. The predicted octanol–water partition coefficient (Wildman–Crippen LogP) is 2.77. The second-order valence-electron chi connectivity index (χ2n) is 5.84. The van der Waals surface area contributed by atoms with Crippen molar-refractivity contribution in [3.05, 3.63) is 40.1 Å². The number of rotatable bonds is 2. The Bertz CT molecular complexity index is 791. The molecule has 126 valence electrons. The number of fused-ring (bicyclic) bond motifs is 1. The van der Waals surface area contributed by atoms with Crippen LogP contribution >= 0.6 is 23.2 Å². The van der Waals surface area contributed by atoms with Crippen LogP contribution < -0.4 is 9.80 Å². The molecule has 1 aromatic heterocycles. The molecule has 0 N–H and O–H groups in total. The van der Waals surface area contributed by atoms with Crippen LogP contribution in [0.3, 0.4) is 0 Å². The lowest BCUT2D eigenvalue weighted by molar-refractivity contribution is 0.637. The van der Waals surface area contributed by atoms with Gasteiger partial charge in [0.1, 0.15) is 0 Å². The topological polar surface area (TPSA) is 49.3 Å². The van der Waals surface area contributed by atoms with Crippen LogP contribution in [0.15, 0.2) is 29.2 Å². The van der Waals surface area contributed by atoms with Gasteiger partial charge in [0, 0.05) is 49.1 Å². The van der Waals surface area contributed by atoms with Crippen molar-refractivity contribution in [3.63, 3.8) is 0 Å². The van der Waals surface area contributed by atoms with E-state index in [-0.39, 0.29) is 0 Å². The first-order chi connectivity index (χ1) is 11.6. The molecule has 24 heavy (non-hydrogen) atoms. The molecular formula is C16H16Cl2N4OS. The smallest absolute Gasteiger partial charge is 0.227 e. The van der Waals surface area contributed by atoms with Crippen molar-refractivity contribution in [1.29, 1.82) is 0 Å². The number of anilines is 2. The van der Waals surface area contributed by atoms with E-state index in [4.69, 9.17) is 23.2 Å². The number of hydrogen-bond acceptors (Lipinski definition) is 5. The van der Waals surface area contributed by atoms with E-state index in [9.17, 15) is 4.21 Å². The Morgan fingerprint density at radius 1 is 0.958 bits per heavy atom. The van der Waals surface area contributed by atoms with E-state index in [1.54, 1.807) is 0 Å². The fourth-order valence-corrected chi connectivity index (χ4v) is 4.89. The van der Waals surface area contributed by atoms with Crippen LogP contribution in [-0.4, -0.2) is 46.1 Å². The van der Waals surface area contributed by atoms with Crippen LogP contribution in [0.4, 0.5) is 11.6 Å². The Morgan fingerprint density at radius 3 is 2.33 bits per heavy atom. The molecule has 0 saturated carbocycles. The van der Waals surface area contributed by atoms with Gasteiger partial charge in [0.2, 0.25) is 5.95 Å². The van der Waals surface area contributed by atoms with E-state index in [0.29, 0.717) is 28.2 Å². The zero-order chi connectivity index (χ0) is 16.7. The molecule has 0 aliphatic carbocycles. The Balaban J connectivity index is 1.49. The number of nitrogens with zero attached hydrogens (tertiary/aromatic N) is 4. The quantitative estimate of drug-likeness (QED) is 0.747. The van der Waals surface area contributed by atoms with Crippen LogP contribution in [0, 0.1) is 0 Å². The summed E-state index contributed by atoms with van der Waals surface area (Å²) in [5.41, 5.74) is 2.01. The van der Waals surface area contributed by atoms with E-state index >= 15 is 0 Å². The maximum Gasteiger partial charge on any atom is 0.227 e. The number of piperazine rings is 1. The second-order valence-corrected chi connectivity index (χ2v) is 8.14. The van der Waals surface area contributed by atoms with Crippen molar-refractivity contribution in [3.8, 4) is 0 Å². The first kappa shape index (κ1) is 16.1. The molecule has 0 spiro atoms. The summed E-state index contributed by atoms with van der Waals surface area (Å²) in [5.74, 6) is 1.24. The summed E-state index contributed by atoms with van der Waals surface area (Å²) < 4.78 is 11.9. The number of halogens is 2. The van der Waals surface area contributed by atoms with E-state index < -0.39 is 10.8 Å². The number of aryl methyl sites for hydroxylation is 1. The fourth-order valence-electron chi connectivity index (χ4n) is 3.10. The first-order valence-corrected chi connectivity index (χ1v) is 9.89. The van der Waals surface area contributed by atoms with Crippen LogP contribution in [0.1, 0.15) is 5.69 Å². The molecule has 1 saturated heterocycles. The largest absolute Gasteiger partial charge is 0.368 e. The third-order valence-electron chi connectivity index (χ3n) is 4.39. The summed E-state index contributed by atoms with van der Waals surface area (Å²) >= 11 is 12.2. The predicted molar refractivity (Wildman–Crippen MR) is 97.9 cm³/mol. The fraction of sp³-hybridized carbons (Fsp3) is 0.375. The maximum absolute atomic E-state index is 11.9. The minimum atomic E-state index is -1.05. The molecule has 2 aliphatic rings. The van der Waals surface area contributed by atoms with Crippen LogP contribution in [0.5, 0.6) is 0 Å². The lowest BCUT2D eigenvalue weighted by Crippen LogP contribution is -2.47. The van der Waals surface area contributed by atoms with Crippen molar-refractivity contribution < 1.29 is 4.21 Å². The molecule has 0 amide bonds. The van der Waals surface area contributed by atoms with Gasteiger partial charge in [0.25, 0.3) is 0 Å². The van der Waals surface area contributed by atoms with Gasteiger partial charge in [-0.2, -0.15) is 4.98 Å². The Kier molecular flexibility index (Phi) is 4.37. The summed E-state index contributed by atoms with van der Waals surface area (Å²) in [7, 11) is -1.05. The number of benzene rings is 1. The van der Waals surface area contributed by atoms with E-state index in [0.717, 1.165) is 36.9 Å². The molecule has 4 rings (SSSR count). The highest BCUT2D eigenvalue weighted by Crippen LogP contribution is 2.30. The summed E-state index contributed by atoms with van der Waals surface area (Å²) in [5, 5.41) is 1.09. The third-order valence-corrected chi connectivity index (χ3v) is 6.49. The minimum absolute atomic E-state index is 0.339. The molecule has 3 heterocycles. The highest BCUT2D eigenvalue weighted by Gasteiger charge is 2.27. The van der Waals surface area contributed by atoms with Gasteiger partial charge in [-0.05, 0) is 24.3 Å². The van der Waals surface area contributed by atoms with E-state index in [1.807, 2.05) is 24.3 Å². The van der Waals surface area contributed by atoms with Gasteiger partial charge >= 0.3 is 0 Å². The molecule has 1 fully saturated rings. The minimum Gasteiger partial charge on any atom is -0.368 e. The molecule has 2 aromatic rings. The average molecular weight is 383 g/mol. The third kappa shape index (κ3) is 2.98. The molecule has 2 aliphatic heterocycles. The Hall–Kier alpha value is -1.37. The van der Waals surface area contributed by atoms with Gasteiger partial charge in [-0.1, -0.05) is 23.2 Å². The van der Waals surface area contributed by atoms with Gasteiger partial charge in [0.15, 0.2) is 5.15 Å². The van der Waals surface area contributed by atoms with Crippen molar-refractivity contribution in [2.24, 2.45) is 0 Å². The summed E-state index contributed by atoms with van der Waals surface area (Å²) in [4.78, 5) is 14.1. The normalized spacial score (nSPS) is 20.3. The SMILES string of the molecule is O=[S@]1CCc2nc(N3CCN(c4ccc(Cl)cc4)CC3)nc(Cl)c21. The van der Waals surface area contributed by atoms with E-state index in [2.05, 4.69) is 19.8 Å². The Labute approximate surface area is 153 Å². The van der Waals surface area contributed by atoms with Crippen LogP contribution in [0.2, 0.25) is 10.2 Å². The molecule has 1 aromatic carbocycles. The van der Waals surface area contributed by atoms with Gasteiger partial charge in [-0.3, -0.25) is 4.21 Å². The number of aromatic nitrogens is 2. The monoisotopic (exact) mass is 382 g/mol. The summed E-state index contributed by atoms with van der Waals surface area (Å²) in [6.07, 6.45) is 0.710. The second kappa shape index (κ2) is 6.50. The van der Waals surface area contributed by atoms with E-state index in [1.165, 1.54) is 5.69 Å². The lowest BCUT2D eigenvalue weighted by atomic mass is 10.2.